The molecule has 0 radical (unpaired) electrons. The first-order valence-electron chi connectivity index (χ1n) is 1.52. The molecule has 0 bridgehead atoms. The maximum Gasteiger partial charge on any atom is 0.0428 e. The SMILES string of the molecule is CCCO.[CH3-].[Ti]. The van der Waals surface area contributed by atoms with Crippen molar-refractivity contribution in [1.29, 1.82) is 0 Å². The van der Waals surface area contributed by atoms with E-state index in [2.05, 4.69) is 0 Å². The number of aliphatic hydroxyl groups excluding tert-OH is 1. The Bertz CT molecular complexity index is 9.51. The van der Waals surface area contributed by atoms with Crippen LogP contribution in [0.5, 0.6) is 0 Å². The van der Waals surface area contributed by atoms with Crippen molar-refractivity contribution in [3.63, 3.8) is 0 Å². The number of aliphatic hydroxyl groups is 1. The van der Waals surface area contributed by atoms with Crippen molar-refractivity contribution < 1.29 is 26.8 Å². The van der Waals surface area contributed by atoms with Gasteiger partial charge in [0.2, 0.25) is 0 Å². The van der Waals surface area contributed by atoms with Crippen molar-refractivity contribution in [2.75, 3.05) is 6.61 Å². The third-order valence-corrected chi connectivity index (χ3v) is 0.224. The van der Waals surface area contributed by atoms with E-state index in [9.17, 15) is 0 Å². The molecule has 0 heterocycles. The zero-order chi connectivity index (χ0) is 3.41. The summed E-state index contributed by atoms with van der Waals surface area (Å²) in [5.41, 5.74) is 0. The van der Waals surface area contributed by atoms with Gasteiger partial charge in [-0.1, -0.05) is 6.92 Å². The molecule has 0 unspecified atom stereocenters. The van der Waals surface area contributed by atoms with Crippen molar-refractivity contribution >= 4 is 0 Å². The van der Waals surface area contributed by atoms with Crippen molar-refractivity contribution in [2.45, 2.75) is 13.3 Å². The predicted molar refractivity (Wildman–Crippen MR) is 23.8 cm³/mol. The number of hydrogen-bond donors (Lipinski definition) is 1. The average molecular weight is 123 g/mol. The molecule has 0 aromatic carbocycles. The molecule has 2 heteroatoms. The van der Waals surface area contributed by atoms with Crippen LogP contribution in [0, 0.1) is 7.43 Å². The van der Waals surface area contributed by atoms with E-state index in [1.165, 1.54) is 0 Å². The summed E-state index contributed by atoms with van der Waals surface area (Å²) in [4.78, 5) is 0. The van der Waals surface area contributed by atoms with Crippen LogP contribution in [0.3, 0.4) is 0 Å². The van der Waals surface area contributed by atoms with E-state index < -0.39 is 0 Å². The topological polar surface area (TPSA) is 20.2 Å². The molecule has 0 aliphatic rings. The summed E-state index contributed by atoms with van der Waals surface area (Å²) in [6.45, 7) is 2.25. The first kappa shape index (κ1) is 15.9. The van der Waals surface area contributed by atoms with Gasteiger partial charge in [0.25, 0.3) is 0 Å². The Hall–Kier alpha value is 0.674. The van der Waals surface area contributed by atoms with Crippen molar-refractivity contribution in [2.24, 2.45) is 0 Å². The van der Waals surface area contributed by atoms with Crippen LogP contribution in [0.4, 0.5) is 0 Å². The first-order chi connectivity index (χ1) is 1.91. The zero-order valence-corrected chi connectivity index (χ0v) is 5.92. The molecule has 0 aliphatic carbocycles. The molecule has 0 atom stereocenters. The second-order valence-electron chi connectivity index (χ2n) is 0.724. The molecule has 0 aromatic rings. The summed E-state index contributed by atoms with van der Waals surface area (Å²) in [5, 5.41) is 7.88. The van der Waals surface area contributed by atoms with Crippen LogP contribution in [0.1, 0.15) is 13.3 Å². The molecule has 0 saturated carbocycles. The molecule has 1 nitrogen and oxygen atoms in total. The quantitative estimate of drug-likeness (QED) is 0.404. The van der Waals surface area contributed by atoms with Crippen LogP contribution >= 0.6 is 0 Å². The third-order valence-electron chi connectivity index (χ3n) is 0.224. The number of rotatable bonds is 1. The van der Waals surface area contributed by atoms with Gasteiger partial charge in [-0.2, -0.15) is 0 Å². The van der Waals surface area contributed by atoms with E-state index >= 15 is 0 Å². The summed E-state index contributed by atoms with van der Waals surface area (Å²) < 4.78 is 0. The van der Waals surface area contributed by atoms with Gasteiger partial charge in [0, 0.05) is 28.3 Å². The van der Waals surface area contributed by atoms with Gasteiger partial charge in [-0.3, -0.25) is 0 Å². The molecule has 0 fully saturated rings. The maximum atomic E-state index is 7.88. The molecular formula is C4H11OTi-. The zero-order valence-electron chi connectivity index (χ0n) is 4.36. The second kappa shape index (κ2) is 17.3. The van der Waals surface area contributed by atoms with E-state index in [0.717, 1.165) is 6.42 Å². The standard InChI is InChI=1S/C3H8O.CH3.Ti/c1-2-3-4;;/h4H,2-3H2,1H3;1H3;/q;-1;. The molecule has 6 heavy (non-hydrogen) atoms. The van der Waals surface area contributed by atoms with E-state index in [0.29, 0.717) is 6.61 Å². The molecule has 38 valence electrons. The van der Waals surface area contributed by atoms with Gasteiger partial charge < -0.3 is 12.5 Å². The fourth-order valence-electron chi connectivity index (χ4n) is 0. The van der Waals surface area contributed by atoms with E-state index in [4.69, 9.17) is 5.11 Å². The Labute approximate surface area is 54.6 Å². The Morgan fingerprint density at radius 1 is 1.50 bits per heavy atom. The fraction of sp³-hybridized carbons (Fsp3) is 0.750. The normalized spacial score (nSPS) is 5.00. The Kier molecular flexibility index (Phi) is 46.0. The molecule has 0 amide bonds. The summed E-state index contributed by atoms with van der Waals surface area (Å²) in [7, 11) is 0. The molecule has 0 saturated heterocycles. The largest absolute Gasteiger partial charge is 0.396 e. The van der Waals surface area contributed by atoms with Gasteiger partial charge in [-0.05, 0) is 6.42 Å². The molecular weight excluding hydrogens is 112 g/mol. The Balaban J connectivity index is -0.0000000450. The summed E-state index contributed by atoms with van der Waals surface area (Å²) in [6, 6.07) is 0. The van der Waals surface area contributed by atoms with Crippen LogP contribution < -0.4 is 0 Å². The Morgan fingerprint density at radius 2 is 1.67 bits per heavy atom. The molecule has 0 aromatic heterocycles. The van der Waals surface area contributed by atoms with Gasteiger partial charge in [-0.25, -0.2) is 0 Å². The maximum absolute atomic E-state index is 7.88. The van der Waals surface area contributed by atoms with Crippen molar-refractivity contribution in [3.05, 3.63) is 7.43 Å². The molecule has 0 spiro atoms. The van der Waals surface area contributed by atoms with Gasteiger partial charge in [-0.15, -0.1) is 0 Å². The van der Waals surface area contributed by atoms with Crippen LogP contribution in [0.25, 0.3) is 0 Å². The van der Waals surface area contributed by atoms with E-state index in [1.807, 2.05) is 6.92 Å². The van der Waals surface area contributed by atoms with Crippen LogP contribution in [-0.4, -0.2) is 11.7 Å². The minimum atomic E-state index is 0. The average Bonchev–Trinajstić information content (AvgIpc) is 1.37. The monoisotopic (exact) mass is 123 g/mol. The van der Waals surface area contributed by atoms with E-state index in [-0.39, 0.29) is 29.1 Å². The molecule has 0 aliphatic heterocycles. The first-order valence-corrected chi connectivity index (χ1v) is 1.52. The summed E-state index contributed by atoms with van der Waals surface area (Å²) >= 11 is 0. The molecule has 1 N–H and O–H groups in total. The van der Waals surface area contributed by atoms with Crippen molar-refractivity contribution in [3.8, 4) is 0 Å². The van der Waals surface area contributed by atoms with Crippen molar-refractivity contribution in [1.82, 2.24) is 0 Å². The van der Waals surface area contributed by atoms with Crippen LogP contribution in [0.15, 0.2) is 0 Å². The minimum Gasteiger partial charge on any atom is -0.396 e. The van der Waals surface area contributed by atoms with Gasteiger partial charge >= 0.3 is 0 Å². The summed E-state index contributed by atoms with van der Waals surface area (Å²) in [5.74, 6) is 0. The van der Waals surface area contributed by atoms with Gasteiger partial charge in [0.1, 0.15) is 0 Å². The van der Waals surface area contributed by atoms with Gasteiger partial charge in [0.15, 0.2) is 0 Å². The Morgan fingerprint density at radius 3 is 1.67 bits per heavy atom. The predicted octanol–water partition coefficient (Wildman–Crippen LogP) is 0.836. The summed E-state index contributed by atoms with van der Waals surface area (Å²) in [6.07, 6.45) is 0.875. The van der Waals surface area contributed by atoms with E-state index in [1.54, 1.807) is 0 Å². The fourth-order valence-corrected chi connectivity index (χ4v) is 0. The minimum absolute atomic E-state index is 0. The number of hydrogen-bond acceptors (Lipinski definition) is 1. The van der Waals surface area contributed by atoms with Crippen LogP contribution in [-0.2, 0) is 21.7 Å². The smallest absolute Gasteiger partial charge is 0.0428 e. The molecule has 0 rings (SSSR count). The van der Waals surface area contributed by atoms with Crippen LogP contribution in [0.2, 0.25) is 0 Å². The second-order valence-corrected chi connectivity index (χ2v) is 0.724. The van der Waals surface area contributed by atoms with Gasteiger partial charge in [0.05, 0.1) is 0 Å². The third kappa shape index (κ3) is 22.5.